The molecule has 262 valence electrons. The van der Waals surface area contributed by atoms with Crippen LogP contribution in [0.5, 0.6) is 17.2 Å². The average molecular weight is 675 g/mol. The van der Waals surface area contributed by atoms with Crippen molar-refractivity contribution in [2.45, 2.75) is 58.3 Å². The second kappa shape index (κ2) is 16.5. The molecule has 4 amide bonds. The van der Waals surface area contributed by atoms with Crippen molar-refractivity contribution in [1.29, 1.82) is 0 Å². The zero-order valence-corrected chi connectivity index (χ0v) is 28.5. The van der Waals surface area contributed by atoms with E-state index in [0.29, 0.717) is 47.3 Å². The molecule has 0 saturated heterocycles. The third-order valence-corrected chi connectivity index (χ3v) is 8.76. The van der Waals surface area contributed by atoms with Gasteiger partial charge in [0.25, 0.3) is 11.8 Å². The number of carbonyl (C=O) groups is 3. The van der Waals surface area contributed by atoms with E-state index in [1.807, 2.05) is 32.0 Å². The van der Waals surface area contributed by atoms with Crippen molar-refractivity contribution in [3.63, 3.8) is 0 Å². The molecule has 12 heteroatoms. The molecule has 2 aliphatic heterocycles. The summed E-state index contributed by atoms with van der Waals surface area (Å²) in [5.74, 6) is 0.848. The Kier molecular flexibility index (Phi) is 12.0. The van der Waals surface area contributed by atoms with Crippen molar-refractivity contribution in [3.05, 3.63) is 77.9 Å². The Morgan fingerprint density at radius 3 is 2.39 bits per heavy atom. The second-order valence-corrected chi connectivity index (χ2v) is 12.7. The van der Waals surface area contributed by atoms with Gasteiger partial charge in [0.2, 0.25) is 6.79 Å². The highest BCUT2D eigenvalue weighted by Crippen LogP contribution is 2.34. The molecule has 0 saturated carbocycles. The van der Waals surface area contributed by atoms with Gasteiger partial charge < -0.3 is 44.5 Å². The van der Waals surface area contributed by atoms with Crippen LogP contribution in [0.2, 0.25) is 0 Å². The van der Waals surface area contributed by atoms with Crippen molar-refractivity contribution in [3.8, 4) is 17.2 Å². The van der Waals surface area contributed by atoms with E-state index in [1.54, 1.807) is 72.3 Å². The van der Waals surface area contributed by atoms with Crippen molar-refractivity contribution >= 4 is 29.2 Å². The molecule has 0 spiro atoms. The van der Waals surface area contributed by atoms with Gasteiger partial charge in [0.1, 0.15) is 5.75 Å². The molecule has 3 N–H and O–H groups in total. The van der Waals surface area contributed by atoms with Crippen molar-refractivity contribution in [2.75, 3.05) is 50.8 Å². The Labute approximate surface area is 287 Å². The van der Waals surface area contributed by atoms with Crippen LogP contribution in [-0.4, -0.2) is 91.1 Å². The summed E-state index contributed by atoms with van der Waals surface area (Å²) in [6, 6.07) is 18.1. The highest BCUT2D eigenvalue weighted by Gasteiger charge is 2.31. The Morgan fingerprint density at radius 1 is 0.959 bits per heavy atom. The molecule has 49 heavy (non-hydrogen) atoms. The molecule has 0 fully saturated rings. The molecule has 0 bridgehead atoms. The van der Waals surface area contributed by atoms with Gasteiger partial charge in [0, 0.05) is 55.7 Å². The average Bonchev–Trinajstić information content (AvgIpc) is 3.57. The fourth-order valence-electron chi connectivity index (χ4n) is 5.88. The second-order valence-electron chi connectivity index (χ2n) is 12.7. The zero-order chi connectivity index (χ0) is 34.9. The lowest BCUT2D eigenvalue weighted by Crippen LogP contribution is -2.48. The number of aliphatic hydroxyl groups excluding tert-OH is 1. The topological polar surface area (TPSA) is 139 Å². The SMILES string of the molecule is C[C@H](CO)N1C[C@H](C)[C@H](CN(C)C(=O)c2ccccc2)OCCCC[C@H](C)Oc2ccc(NC(=O)Nc3ccc4c(c3)OCO4)cc2C1=O. The summed E-state index contributed by atoms with van der Waals surface area (Å²) >= 11 is 0. The number of amides is 4. The van der Waals surface area contributed by atoms with Crippen LogP contribution in [0.1, 0.15) is 60.7 Å². The number of nitrogens with one attached hydrogen (secondary N) is 2. The minimum absolute atomic E-state index is 0.116. The maximum absolute atomic E-state index is 14.4. The lowest BCUT2D eigenvalue weighted by molar-refractivity contribution is -0.0149. The first-order chi connectivity index (χ1) is 23.6. The van der Waals surface area contributed by atoms with Crippen molar-refractivity contribution < 1.29 is 38.4 Å². The summed E-state index contributed by atoms with van der Waals surface area (Å²) in [6.45, 7) is 6.64. The number of carbonyl (C=O) groups excluding carboxylic acids is 3. The number of anilines is 2. The number of urea groups is 1. The standard InChI is InChI=1S/C37H46N4O8/c1-24-20-41(25(2)22-42)36(44)30-18-28(38-37(45)39-29-14-16-32-33(19-29)48-23-47-32)13-15-31(30)49-26(3)10-8-9-17-46-34(24)21-40(4)35(43)27-11-6-5-7-12-27/h5-7,11-16,18-19,24-26,34,42H,8-10,17,20-23H2,1-4H3,(H2,38,39,45)/t24-,25+,26-,34-/m0/s1. The number of fused-ring (bicyclic) bond motifs is 2. The summed E-state index contributed by atoms with van der Waals surface area (Å²) in [5.41, 5.74) is 1.74. The fraction of sp³-hybridized carbons (Fsp3) is 0.432. The molecule has 3 aromatic rings. The van der Waals surface area contributed by atoms with E-state index in [-0.39, 0.29) is 55.4 Å². The van der Waals surface area contributed by atoms with Gasteiger partial charge in [-0.05, 0) is 75.6 Å². The van der Waals surface area contributed by atoms with E-state index < -0.39 is 12.1 Å². The Bertz CT molecular complexity index is 1600. The molecule has 0 unspecified atom stereocenters. The van der Waals surface area contributed by atoms with Crippen LogP contribution in [0.4, 0.5) is 16.2 Å². The predicted octanol–water partition coefficient (Wildman–Crippen LogP) is 5.63. The van der Waals surface area contributed by atoms with E-state index in [9.17, 15) is 19.5 Å². The van der Waals surface area contributed by atoms with Crippen LogP contribution < -0.4 is 24.8 Å². The maximum Gasteiger partial charge on any atom is 0.323 e. The molecule has 4 atom stereocenters. The van der Waals surface area contributed by atoms with E-state index in [4.69, 9.17) is 18.9 Å². The van der Waals surface area contributed by atoms with Crippen LogP contribution in [0.25, 0.3) is 0 Å². The van der Waals surface area contributed by atoms with E-state index in [2.05, 4.69) is 10.6 Å². The minimum atomic E-state index is -0.539. The van der Waals surface area contributed by atoms with E-state index in [1.165, 1.54) is 0 Å². The quantitative estimate of drug-likeness (QED) is 0.293. The van der Waals surface area contributed by atoms with Crippen LogP contribution in [0.15, 0.2) is 66.7 Å². The lowest BCUT2D eigenvalue weighted by Gasteiger charge is -2.36. The monoisotopic (exact) mass is 674 g/mol. The zero-order valence-electron chi connectivity index (χ0n) is 28.5. The van der Waals surface area contributed by atoms with Crippen LogP contribution >= 0.6 is 0 Å². The highest BCUT2D eigenvalue weighted by molar-refractivity contribution is 6.02. The number of hydrogen-bond donors (Lipinski definition) is 3. The van der Waals surface area contributed by atoms with Crippen molar-refractivity contribution in [2.24, 2.45) is 5.92 Å². The van der Waals surface area contributed by atoms with Gasteiger partial charge in [-0.15, -0.1) is 0 Å². The molecule has 12 nitrogen and oxygen atoms in total. The van der Waals surface area contributed by atoms with Gasteiger partial charge in [-0.3, -0.25) is 9.59 Å². The summed E-state index contributed by atoms with van der Waals surface area (Å²) in [7, 11) is 1.75. The number of hydrogen-bond acceptors (Lipinski definition) is 8. The number of rotatable bonds is 7. The summed E-state index contributed by atoms with van der Waals surface area (Å²) in [4.78, 5) is 43.8. The number of aliphatic hydroxyl groups is 1. The molecule has 0 radical (unpaired) electrons. The number of benzene rings is 3. The third-order valence-electron chi connectivity index (χ3n) is 8.76. The summed E-state index contributed by atoms with van der Waals surface area (Å²) < 4.78 is 23.4. The predicted molar refractivity (Wildman–Crippen MR) is 185 cm³/mol. The van der Waals surface area contributed by atoms with Gasteiger partial charge in [-0.2, -0.15) is 0 Å². The van der Waals surface area contributed by atoms with E-state index in [0.717, 1.165) is 19.3 Å². The smallest absolute Gasteiger partial charge is 0.323 e. The Hall–Kier alpha value is -4.81. The number of ether oxygens (including phenoxy) is 4. The molecule has 2 aliphatic rings. The van der Waals surface area contributed by atoms with Gasteiger partial charge in [0.15, 0.2) is 11.5 Å². The van der Waals surface area contributed by atoms with Gasteiger partial charge in [-0.1, -0.05) is 25.1 Å². The van der Waals surface area contributed by atoms with Gasteiger partial charge >= 0.3 is 6.03 Å². The Morgan fingerprint density at radius 2 is 1.65 bits per heavy atom. The molecular weight excluding hydrogens is 628 g/mol. The van der Waals surface area contributed by atoms with E-state index >= 15 is 0 Å². The molecule has 2 heterocycles. The first-order valence-corrected chi connectivity index (χ1v) is 16.7. The van der Waals surface area contributed by atoms with Crippen LogP contribution in [-0.2, 0) is 4.74 Å². The molecule has 0 aromatic heterocycles. The summed E-state index contributed by atoms with van der Waals surface area (Å²) in [6.07, 6.45) is 1.81. The summed E-state index contributed by atoms with van der Waals surface area (Å²) in [5, 5.41) is 15.8. The lowest BCUT2D eigenvalue weighted by atomic mass is 10.0. The van der Waals surface area contributed by atoms with Crippen LogP contribution in [0, 0.1) is 5.92 Å². The first kappa shape index (κ1) is 35.5. The molecule has 0 aliphatic carbocycles. The van der Waals surface area contributed by atoms with Crippen LogP contribution in [0.3, 0.4) is 0 Å². The minimum Gasteiger partial charge on any atom is -0.490 e. The maximum atomic E-state index is 14.4. The van der Waals surface area contributed by atoms with Gasteiger partial charge in [0.05, 0.1) is 30.4 Å². The number of likely N-dealkylation sites (N-methyl/N-ethyl adjacent to an activating group) is 1. The van der Waals surface area contributed by atoms with Crippen molar-refractivity contribution in [1.82, 2.24) is 9.80 Å². The normalized spacial score (nSPS) is 20.3. The molecule has 3 aromatic carbocycles. The van der Waals surface area contributed by atoms with Gasteiger partial charge in [-0.25, -0.2) is 4.79 Å². The number of nitrogens with zero attached hydrogens (tertiary/aromatic N) is 2. The third kappa shape index (κ3) is 9.21. The molecule has 5 rings (SSSR count). The highest BCUT2D eigenvalue weighted by atomic mass is 16.7. The first-order valence-electron chi connectivity index (χ1n) is 16.7. The Balaban J connectivity index is 1.38. The fourth-order valence-corrected chi connectivity index (χ4v) is 5.88. The largest absolute Gasteiger partial charge is 0.490 e. The molecular formula is C37H46N4O8.